The first kappa shape index (κ1) is 25.8. The Bertz CT molecular complexity index is 1340. The second kappa shape index (κ2) is 10.1. The van der Waals surface area contributed by atoms with Crippen LogP contribution >= 0.6 is 0 Å². The molecular formula is C29H28F3N3O3. The predicted octanol–water partition coefficient (Wildman–Crippen LogP) is 5.89. The lowest BCUT2D eigenvalue weighted by atomic mass is 9.91. The molecule has 0 aliphatic carbocycles. The number of halogens is 3. The van der Waals surface area contributed by atoms with Crippen LogP contribution in [0.3, 0.4) is 0 Å². The molecule has 0 bridgehead atoms. The first-order valence-electron chi connectivity index (χ1n) is 12.6. The van der Waals surface area contributed by atoms with E-state index in [9.17, 15) is 22.8 Å². The standard InChI is InChI=1S/C29H28F3N3O3/c1-18-14-22(15-33-19(18)2)27(36)34-16-21-4-3-13-35(26(21)17-34)28(37)20-5-9-24(10-6-20)38-25-11-7-23(8-12-25)29(30,31)32/h5-12,14-15,21,26H,3-4,13,16-17H2,1-2H3/t21-,26+/m1/s1. The van der Waals surface area contributed by atoms with Gasteiger partial charge in [0.1, 0.15) is 11.5 Å². The smallest absolute Gasteiger partial charge is 0.416 e. The van der Waals surface area contributed by atoms with Gasteiger partial charge in [0.2, 0.25) is 0 Å². The van der Waals surface area contributed by atoms with Crippen LogP contribution in [0.1, 0.15) is 50.4 Å². The number of likely N-dealkylation sites (tertiary alicyclic amines) is 2. The van der Waals surface area contributed by atoms with E-state index < -0.39 is 11.7 Å². The van der Waals surface area contributed by atoms with Crippen LogP contribution in [-0.2, 0) is 6.18 Å². The van der Waals surface area contributed by atoms with Gasteiger partial charge in [-0.15, -0.1) is 0 Å². The van der Waals surface area contributed by atoms with Gasteiger partial charge in [-0.2, -0.15) is 13.2 Å². The van der Waals surface area contributed by atoms with Crippen molar-refractivity contribution >= 4 is 11.8 Å². The summed E-state index contributed by atoms with van der Waals surface area (Å²) in [7, 11) is 0. The zero-order valence-corrected chi connectivity index (χ0v) is 21.2. The highest BCUT2D eigenvalue weighted by molar-refractivity contribution is 5.96. The van der Waals surface area contributed by atoms with Crippen molar-refractivity contribution in [2.75, 3.05) is 19.6 Å². The molecule has 0 saturated carbocycles. The van der Waals surface area contributed by atoms with Gasteiger partial charge in [-0.05, 0) is 92.8 Å². The molecule has 38 heavy (non-hydrogen) atoms. The number of piperidine rings is 1. The Morgan fingerprint density at radius 3 is 2.21 bits per heavy atom. The van der Waals surface area contributed by atoms with Crippen molar-refractivity contribution < 1.29 is 27.5 Å². The molecular weight excluding hydrogens is 495 g/mol. The number of hydrogen-bond donors (Lipinski definition) is 0. The van der Waals surface area contributed by atoms with Gasteiger partial charge in [0.15, 0.2) is 0 Å². The largest absolute Gasteiger partial charge is 0.457 e. The summed E-state index contributed by atoms with van der Waals surface area (Å²) in [6, 6.07) is 12.8. The Morgan fingerprint density at radius 1 is 0.921 bits per heavy atom. The number of hydrogen-bond acceptors (Lipinski definition) is 4. The minimum absolute atomic E-state index is 0.0530. The van der Waals surface area contributed by atoms with Gasteiger partial charge in [-0.3, -0.25) is 14.6 Å². The van der Waals surface area contributed by atoms with Crippen LogP contribution in [0.4, 0.5) is 13.2 Å². The summed E-state index contributed by atoms with van der Waals surface area (Å²) in [6.45, 7) is 5.56. The monoisotopic (exact) mass is 523 g/mol. The van der Waals surface area contributed by atoms with Crippen LogP contribution in [0, 0.1) is 19.8 Å². The molecule has 5 rings (SSSR count). The van der Waals surface area contributed by atoms with E-state index in [2.05, 4.69) is 4.98 Å². The molecule has 2 atom stereocenters. The lowest BCUT2D eigenvalue weighted by molar-refractivity contribution is -0.137. The van der Waals surface area contributed by atoms with Crippen molar-refractivity contribution in [2.24, 2.45) is 5.92 Å². The third-order valence-electron chi connectivity index (χ3n) is 7.43. The number of alkyl halides is 3. The number of carbonyl (C=O) groups excluding carboxylic acids is 2. The molecule has 6 nitrogen and oxygen atoms in total. The SMILES string of the molecule is Cc1cc(C(=O)N2C[C@H]3CCCN(C(=O)c4ccc(Oc5ccc(C(F)(F)F)cc5)cc4)[C@H]3C2)cnc1C. The van der Waals surface area contributed by atoms with Crippen molar-refractivity contribution in [2.45, 2.75) is 38.9 Å². The van der Waals surface area contributed by atoms with E-state index in [0.717, 1.165) is 36.2 Å². The molecule has 2 saturated heterocycles. The number of fused-ring (bicyclic) bond motifs is 1. The molecule has 2 aliphatic rings. The van der Waals surface area contributed by atoms with Gasteiger partial charge in [0.05, 0.1) is 17.2 Å². The van der Waals surface area contributed by atoms with Crippen molar-refractivity contribution in [1.29, 1.82) is 0 Å². The third kappa shape index (κ3) is 5.23. The van der Waals surface area contributed by atoms with Crippen LogP contribution in [-0.4, -0.2) is 52.3 Å². The van der Waals surface area contributed by atoms with Gasteiger partial charge in [0.25, 0.3) is 11.8 Å². The summed E-state index contributed by atoms with van der Waals surface area (Å²) >= 11 is 0. The first-order chi connectivity index (χ1) is 18.1. The molecule has 0 unspecified atom stereocenters. The molecule has 3 heterocycles. The van der Waals surface area contributed by atoms with E-state index in [1.54, 1.807) is 30.5 Å². The lowest BCUT2D eigenvalue weighted by Crippen LogP contribution is -2.48. The molecule has 2 aromatic carbocycles. The van der Waals surface area contributed by atoms with Gasteiger partial charge >= 0.3 is 6.18 Å². The number of carbonyl (C=O) groups is 2. The second-order valence-electron chi connectivity index (χ2n) is 9.95. The van der Waals surface area contributed by atoms with E-state index >= 15 is 0 Å². The maximum atomic E-state index is 13.4. The first-order valence-corrected chi connectivity index (χ1v) is 12.6. The Balaban J connectivity index is 1.25. The highest BCUT2D eigenvalue weighted by Crippen LogP contribution is 2.34. The van der Waals surface area contributed by atoms with Crippen LogP contribution in [0.2, 0.25) is 0 Å². The van der Waals surface area contributed by atoms with E-state index in [1.165, 1.54) is 12.1 Å². The van der Waals surface area contributed by atoms with Gasteiger partial charge < -0.3 is 14.5 Å². The topological polar surface area (TPSA) is 62.7 Å². The molecule has 2 aliphatic heterocycles. The van der Waals surface area contributed by atoms with Crippen molar-refractivity contribution in [3.8, 4) is 11.5 Å². The van der Waals surface area contributed by atoms with Crippen LogP contribution in [0.25, 0.3) is 0 Å². The number of benzene rings is 2. The van der Waals surface area contributed by atoms with Gasteiger partial charge in [-0.1, -0.05) is 0 Å². The molecule has 9 heteroatoms. The lowest BCUT2D eigenvalue weighted by Gasteiger charge is -2.36. The fraction of sp³-hybridized carbons (Fsp3) is 0.345. The Hall–Kier alpha value is -3.88. The van der Waals surface area contributed by atoms with E-state index in [-0.39, 0.29) is 29.5 Å². The summed E-state index contributed by atoms with van der Waals surface area (Å²) < 4.78 is 44.0. The van der Waals surface area contributed by atoms with Crippen LogP contribution < -0.4 is 4.74 Å². The van der Waals surface area contributed by atoms with Crippen LogP contribution in [0.15, 0.2) is 60.8 Å². The average Bonchev–Trinajstić information content (AvgIpc) is 3.34. The summed E-state index contributed by atoms with van der Waals surface area (Å²) in [5.41, 5.74) is 2.17. The highest BCUT2D eigenvalue weighted by atomic mass is 19.4. The Labute approximate surface area is 219 Å². The van der Waals surface area contributed by atoms with E-state index in [0.29, 0.717) is 36.5 Å². The van der Waals surface area contributed by atoms with Gasteiger partial charge in [0, 0.05) is 37.1 Å². The number of rotatable bonds is 4. The van der Waals surface area contributed by atoms with Crippen molar-refractivity contribution in [3.05, 3.63) is 88.7 Å². The molecule has 2 fully saturated rings. The zero-order chi connectivity index (χ0) is 27.0. The maximum Gasteiger partial charge on any atom is 0.416 e. The zero-order valence-electron chi connectivity index (χ0n) is 21.2. The number of amides is 2. The van der Waals surface area contributed by atoms with Crippen molar-refractivity contribution in [3.63, 3.8) is 0 Å². The Kier molecular flexibility index (Phi) is 6.86. The molecule has 2 amide bonds. The Morgan fingerprint density at radius 2 is 1.58 bits per heavy atom. The number of nitrogens with zero attached hydrogens (tertiary/aromatic N) is 3. The fourth-order valence-corrected chi connectivity index (χ4v) is 5.22. The average molecular weight is 524 g/mol. The molecule has 198 valence electrons. The predicted molar refractivity (Wildman–Crippen MR) is 135 cm³/mol. The number of aromatic nitrogens is 1. The van der Waals surface area contributed by atoms with E-state index in [1.807, 2.05) is 29.7 Å². The summed E-state index contributed by atoms with van der Waals surface area (Å²) in [5.74, 6) is 0.733. The van der Waals surface area contributed by atoms with Crippen LogP contribution in [0.5, 0.6) is 11.5 Å². The normalized spacial score (nSPS) is 19.3. The third-order valence-corrected chi connectivity index (χ3v) is 7.43. The number of aryl methyl sites for hydroxylation is 2. The van der Waals surface area contributed by atoms with Crippen molar-refractivity contribution in [1.82, 2.24) is 14.8 Å². The summed E-state index contributed by atoms with van der Waals surface area (Å²) in [6.07, 6.45) is -0.961. The minimum atomic E-state index is -4.41. The molecule has 1 aromatic heterocycles. The molecule has 0 N–H and O–H groups in total. The molecule has 0 spiro atoms. The minimum Gasteiger partial charge on any atom is -0.457 e. The highest BCUT2D eigenvalue weighted by Gasteiger charge is 2.42. The van der Waals surface area contributed by atoms with E-state index in [4.69, 9.17) is 4.74 Å². The van der Waals surface area contributed by atoms with Gasteiger partial charge in [-0.25, -0.2) is 0 Å². The number of pyridine rings is 1. The molecule has 0 radical (unpaired) electrons. The maximum absolute atomic E-state index is 13.4. The fourth-order valence-electron chi connectivity index (χ4n) is 5.22. The number of ether oxygens (including phenoxy) is 1. The molecule has 3 aromatic rings. The summed E-state index contributed by atoms with van der Waals surface area (Å²) in [4.78, 5) is 34.6. The summed E-state index contributed by atoms with van der Waals surface area (Å²) in [5, 5.41) is 0. The second-order valence-corrected chi connectivity index (χ2v) is 9.95. The quantitative estimate of drug-likeness (QED) is 0.428.